The second-order valence-corrected chi connectivity index (χ2v) is 23.7. The van der Waals surface area contributed by atoms with Gasteiger partial charge in [0.2, 0.25) is 0 Å². The van der Waals surface area contributed by atoms with Gasteiger partial charge in [-0.15, -0.1) is 0 Å². The van der Waals surface area contributed by atoms with Crippen molar-refractivity contribution in [1.82, 2.24) is 0 Å². The predicted molar refractivity (Wildman–Crippen MR) is 313 cm³/mol. The molecule has 4 aliphatic heterocycles. The van der Waals surface area contributed by atoms with Crippen molar-refractivity contribution in [3.8, 4) is 0 Å². The molecule has 7 fully saturated rings. The fourth-order valence-electron chi connectivity index (χ4n) is 14.0. The van der Waals surface area contributed by atoms with Gasteiger partial charge in [0.05, 0.1) is 106 Å². The van der Waals surface area contributed by atoms with Crippen LogP contribution >= 0.6 is 0 Å². The highest BCUT2D eigenvalue weighted by atomic mass is 16.7. The molecule has 16 heteroatoms. The minimum absolute atomic E-state index is 0.0204. The molecule has 4 heterocycles. The highest BCUT2D eigenvalue weighted by Crippen LogP contribution is 2.55. The van der Waals surface area contributed by atoms with Crippen LogP contribution in [0.25, 0.3) is 0 Å². The van der Waals surface area contributed by atoms with Crippen LogP contribution in [0.2, 0.25) is 0 Å². The number of fused-ring (bicyclic) bond motifs is 3. The first-order valence-electron chi connectivity index (χ1n) is 31.7. The van der Waals surface area contributed by atoms with Crippen molar-refractivity contribution in [2.45, 2.75) is 141 Å². The summed E-state index contributed by atoms with van der Waals surface area (Å²) >= 11 is 0. The largest absolute Gasteiger partial charge is 0.392 e. The topological polar surface area (TPSA) is 192 Å². The number of hydrogen-bond acceptors (Lipinski definition) is 16. The zero-order valence-corrected chi connectivity index (χ0v) is 49.4. The number of rotatable bonds is 36. The molecule has 462 valence electrons. The molecule has 16 nitrogen and oxygen atoms in total. The van der Waals surface area contributed by atoms with Crippen LogP contribution in [-0.4, -0.2) is 126 Å². The second-order valence-electron chi connectivity index (χ2n) is 23.7. The highest BCUT2D eigenvalue weighted by molar-refractivity contribution is 5.36. The summed E-state index contributed by atoms with van der Waals surface area (Å²) in [6.45, 7) is 9.90. The summed E-state index contributed by atoms with van der Waals surface area (Å²) in [5, 5.41) is 39.6. The Kier molecular flexibility index (Phi) is 25.3. The minimum atomic E-state index is -0.390. The van der Waals surface area contributed by atoms with E-state index >= 15 is 0 Å². The van der Waals surface area contributed by atoms with Crippen LogP contribution in [0.3, 0.4) is 0 Å². The summed E-state index contributed by atoms with van der Waals surface area (Å²) in [6, 6.07) is 24.5. The molecule has 0 amide bonds. The lowest BCUT2D eigenvalue weighted by molar-refractivity contribution is -0.156. The van der Waals surface area contributed by atoms with Gasteiger partial charge in [-0.2, -0.15) is 0 Å². The van der Waals surface area contributed by atoms with Gasteiger partial charge in [0.25, 0.3) is 0 Å². The zero-order chi connectivity index (χ0) is 57.7. The Morgan fingerprint density at radius 1 is 0.310 bits per heavy atom. The fourth-order valence-corrected chi connectivity index (χ4v) is 14.0. The molecule has 3 aliphatic carbocycles. The highest BCUT2D eigenvalue weighted by Gasteiger charge is 2.54. The summed E-state index contributed by atoms with van der Waals surface area (Å²) in [5.74, 6) is 2.08. The molecular formula is C68H94O16. The molecule has 3 saturated carbocycles. The number of aliphatic hydroxyl groups is 4. The van der Waals surface area contributed by atoms with Gasteiger partial charge in [-0.25, -0.2) is 0 Å². The molecule has 84 heavy (non-hydrogen) atoms. The molecule has 2 unspecified atom stereocenters. The molecule has 4 N–H and O–H groups in total. The van der Waals surface area contributed by atoms with E-state index < -0.39 is 0 Å². The van der Waals surface area contributed by atoms with E-state index in [-0.39, 0.29) is 51.6 Å². The summed E-state index contributed by atoms with van der Waals surface area (Å²) in [7, 11) is 0. The predicted octanol–water partition coefficient (Wildman–Crippen LogP) is 9.80. The first kappa shape index (κ1) is 63.3. The molecule has 7 aliphatic rings. The van der Waals surface area contributed by atoms with Crippen LogP contribution in [0.5, 0.6) is 0 Å². The smallest absolute Gasteiger partial charge is 0.184 e. The van der Waals surface area contributed by atoms with Crippen molar-refractivity contribution < 1.29 is 77.3 Å². The van der Waals surface area contributed by atoms with Gasteiger partial charge in [0.1, 0.15) is 0 Å². The Labute approximate surface area is 497 Å². The third-order valence-electron chi connectivity index (χ3n) is 18.4. The van der Waals surface area contributed by atoms with Gasteiger partial charge in [0.15, 0.2) is 25.2 Å². The van der Waals surface area contributed by atoms with E-state index in [1.54, 1.807) is 0 Å². The maximum Gasteiger partial charge on any atom is 0.184 e. The van der Waals surface area contributed by atoms with E-state index in [1.807, 2.05) is 48.5 Å². The van der Waals surface area contributed by atoms with E-state index in [9.17, 15) is 20.4 Å². The van der Waals surface area contributed by atoms with Gasteiger partial charge < -0.3 is 77.3 Å². The summed E-state index contributed by atoms with van der Waals surface area (Å²) < 4.78 is 74.3. The maximum atomic E-state index is 9.89. The second kappa shape index (κ2) is 33.6. The summed E-state index contributed by atoms with van der Waals surface area (Å²) in [6.07, 6.45) is 11.7. The normalized spacial score (nSPS) is 23.3. The Bertz CT molecular complexity index is 2230. The first-order chi connectivity index (χ1) is 41.5. The first-order valence-corrected chi connectivity index (χ1v) is 31.7. The molecule has 0 aromatic heterocycles. The number of aryl methyl sites for hydroxylation is 4. The van der Waals surface area contributed by atoms with E-state index in [4.69, 9.17) is 56.8 Å². The van der Waals surface area contributed by atoms with Crippen molar-refractivity contribution in [2.75, 3.05) is 106 Å². The SMILES string of the molecule is OCc1ccc(CCCCOC[C@@H]2C3CCC([C@@H](COCCCCc4ccc(CO)cc4C4OCCO4)[C@H]3COCCCCc3ccc(CO)cc3C3OCCO3)[C@@H]2COCCCCc2ccc(CO)cc2C2OCCO2)c(C2OCCO2)c1. The molecule has 0 spiro atoms. The van der Waals surface area contributed by atoms with Crippen LogP contribution in [-0.2, 0) is 109 Å². The van der Waals surface area contributed by atoms with Crippen molar-refractivity contribution in [3.05, 3.63) is 140 Å². The van der Waals surface area contributed by atoms with Crippen molar-refractivity contribution in [1.29, 1.82) is 0 Å². The van der Waals surface area contributed by atoms with Crippen LogP contribution < -0.4 is 0 Å². The van der Waals surface area contributed by atoms with Gasteiger partial charge >= 0.3 is 0 Å². The Morgan fingerprint density at radius 2 is 0.536 bits per heavy atom. The quantitative estimate of drug-likeness (QED) is 0.0314. The van der Waals surface area contributed by atoms with Gasteiger partial charge in [0, 0.05) is 48.7 Å². The summed E-state index contributed by atoms with van der Waals surface area (Å²) in [4.78, 5) is 0. The molecule has 4 saturated heterocycles. The van der Waals surface area contributed by atoms with E-state index in [2.05, 4.69) is 24.3 Å². The number of hydrogen-bond donors (Lipinski definition) is 4. The molecule has 6 atom stereocenters. The maximum absolute atomic E-state index is 9.89. The van der Waals surface area contributed by atoms with Crippen LogP contribution in [0.1, 0.15) is 156 Å². The Morgan fingerprint density at radius 3 is 0.750 bits per heavy atom. The van der Waals surface area contributed by atoms with Crippen LogP contribution in [0.15, 0.2) is 72.8 Å². The van der Waals surface area contributed by atoms with Gasteiger partial charge in [-0.3, -0.25) is 0 Å². The van der Waals surface area contributed by atoms with Crippen LogP contribution in [0.4, 0.5) is 0 Å². The number of ether oxygens (including phenoxy) is 12. The third-order valence-corrected chi connectivity index (χ3v) is 18.4. The lowest BCUT2D eigenvalue weighted by Crippen LogP contribution is -2.56. The van der Waals surface area contributed by atoms with Gasteiger partial charge in [-0.05, 0) is 194 Å². The van der Waals surface area contributed by atoms with Gasteiger partial charge in [-0.1, -0.05) is 48.5 Å². The minimum Gasteiger partial charge on any atom is -0.392 e. The average molecular weight is 1170 g/mol. The lowest BCUT2D eigenvalue weighted by atomic mass is 9.50. The lowest BCUT2D eigenvalue weighted by Gasteiger charge is -2.57. The van der Waals surface area contributed by atoms with Crippen molar-refractivity contribution in [3.63, 3.8) is 0 Å². The Hall–Kier alpha value is -3.76. The third kappa shape index (κ3) is 17.1. The van der Waals surface area contributed by atoms with E-state index in [0.29, 0.717) is 141 Å². The van der Waals surface area contributed by atoms with Crippen LogP contribution in [0, 0.1) is 35.5 Å². The molecule has 11 rings (SSSR count). The fraction of sp³-hybridized carbons (Fsp3) is 0.647. The average Bonchev–Trinajstić information content (AvgIpc) is 1.74. The molecule has 4 aromatic carbocycles. The zero-order valence-electron chi connectivity index (χ0n) is 49.4. The number of aliphatic hydroxyl groups excluding tert-OH is 4. The monoisotopic (exact) mass is 1170 g/mol. The molecule has 2 bridgehead atoms. The van der Waals surface area contributed by atoms with E-state index in [1.165, 1.54) is 22.3 Å². The van der Waals surface area contributed by atoms with E-state index in [0.717, 1.165) is 134 Å². The standard InChI is InChI=1S/C68H94O16/c69-39-47-13-17-51(57(35-47)65-77-27-28-78-65)9-1-5-23-73-43-61-55-21-22-56(62(61)44-74-24-6-2-10-52-18-14-48(40-70)36-58(52)66-79-29-30-80-66)64(46-76-26-8-4-12-54-20-16-50(42-72)38-60(54)68-83-33-34-84-68)63(55)45-75-25-7-3-11-53-19-15-49(41-71)37-59(53)67-81-31-32-82-67/h13-20,35-38,55-56,61-72H,1-12,21-34,39-46H2/t55?,56?,61-,62+,63+,64-. The van der Waals surface area contributed by atoms with Crippen molar-refractivity contribution in [2.24, 2.45) is 35.5 Å². The Balaban J connectivity index is 0.787. The molecule has 0 radical (unpaired) electrons. The number of benzene rings is 4. The molecular weight excluding hydrogens is 1070 g/mol. The van der Waals surface area contributed by atoms with Crippen molar-refractivity contribution >= 4 is 0 Å². The summed E-state index contributed by atoms with van der Waals surface area (Å²) in [5.41, 5.74) is 12.3. The number of unbranched alkanes of at least 4 members (excludes halogenated alkanes) is 4. The molecule has 4 aromatic rings.